The van der Waals surface area contributed by atoms with Gasteiger partial charge in [0, 0.05) is 0 Å². The van der Waals surface area contributed by atoms with Crippen molar-refractivity contribution in [3.63, 3.8) is 0 Å². The molecule has 0 aliphatic heterocycles. The molecule has 0 N–H and O–H groups in total. The maximum absolute atomic E-state index is 11.1. The summed E-state index contributed by atoms with van der Waals surface area (Å²) in [6.07, 6.45) is 4.13. The molecular weight excluding hydrogens is 188 g/mol. The fraction of sp³-hybridized carbons (Fsp3) is 0.700. The molecule has 0 unspecified atom stereocenters. The second kappa shape index (κ2) is 4.66. The van der Waals surface area contributed by atoms with Crippen LogP contribution >= 0.6 is 11.6 Å². The number of hydrogen-bond donors (Lipinski definition) is 0. The molecule has 0 amide bonds. The lowest BCUT2D eigenvalue weighted by Crippen LogP contribution is -2.09. The molecule has 74 valence electrons. The zero-order valence-electron chi connectivity index (χ0n) is 8.10. The molecule has 0 aromatic rings. The number of hydrogen-bond acceptors (Lipinski definition) is 2. The molecule has 0 radical (unpaired) electrons. The van der Waals surface area contributed by atoms with Crippen molar-refractivity contribution in [1.82, 2.24) is 0 Å². The van der Waals surface area contributed by atoms with Crippen molar-refractivity contribution in [2.45, 2.75) is 32.6 Å². The Morgan fingerprint density at radius 2 is 2.00 bits per heavy atom. The summed E-state index contributed by atoms with van der Waals surface area (Å²) in [6.45, 7) is 2.23. The lowest BCUT2D eigenvalue weighted by Gasteiger charge is -2.20. The molecule has 0 heterocycles. The predicted octanol–water partition coefficient (Wildman–Crippen LogP) is 2.86. The lowest BCUT2D eigenvalue weighted by molar-refractivity contribution is -0.135. The van der Waals surface area contributed by atoms with Crippen LogP contribution in [0.3, 0.4) is 0 Å². The van der Waals surface area contributed by atoms with Crippen LogP contribution in [0.4, 0.5) is 0 Å². The summed E-state index contributed by atoms with van der Waals surface area (Å²) >= 11 is 5.86. The van der Waals surface area contributed by atoms with Crippen molar-refractivity contribution in [1.29, 1.82) is 0 Å². The van der Waals surface area contributed by atoms with Gasteiger partial charge in [-0.05, 0) is 37.2 Å². The molecule has 0 aromatic heterocycles. The van der Waals surface area contributed by atoms with E-state index >= 15 is 0 Å². The second-order valence-corrected chi connectivity index (χ2v) is 3.97. The van der Waals surface area contributed by atoms with Gasteiger partial charge >= 0.3 is 5.97 Å². The minimum absolute atomic E-state index is 0.300. The van der Waals surface area contributed by atoms with Gasteiger partial charge in [-0.15, -0.1) is 0 Å². The van der Waals surface area contributed by atoms with E-state index in [1.54, 1.807) is 0 Å². The van der Waals surface area contributed by atoms with Gasteiger partial charge in [-0.3, -0.25) is 0 Å². The molecule has 0 atom stereocenters. The number of carbonyl (C=O) groups is 1. The van der Waals surface area contributed by atoms with E-state index in [4.69, 9.17) is 11.6 Å². The smallest absolute Gasteiger partial charge is 0.349 e. The van der Waals surface area contributed by atoms with Crippen molar-refractivity contribution < 1.29 is 9.53 Å². The molecule has 3 heteroatoms. The first-order valence-electron chi connectivity index (χ1n) is 4.61. The van der Waals surface area contributed by atoms with Crippen LogP contribution in [0.2, 0.25) is 0 Å². The average Bonchev–Trinajstić information content (AvgIpc) is 2.17. The van der Waals surface area contributed by atoms with Crippen LogP contribution < -0.4 is 0 Å². The molecule has 0 bridgehead atoms. The quantitative estimate of drug-likeness (QED) is 0.483. The first-order valence-corrected chi connectivity index (χ1v) is 4.98. The fourth-order valence-corrected chi connectivity index (χ4v) is 1.83. The summed E-state index contributed by atoms with van der Waals surface area (Å²) < 4.78 is 4.56. The molecule has 0 saturated heterocycles. The van der Waals surface area contributed by atoms with Crippen molar-refractivity contribution >= 4 is 17.6 Å². The number of methoxy groups -OCH3 is 1. The number of halogens is 1. The van der Waals surface area contributed by atoms with Crippen LogP contribution in [0.25, 0.3) is 0 Å². The molecule has 0 aromatic carbocycles. The highest BCUT2D eigenvalue weighted by molar-refractivity contribution is 6.41. The van der Waals surface area contributed by atoms with Crippen LogP contribution in [-0.4, -0.2) is 13.1 Å². The van der Waals surface area contributed by atoms with Crippen LogP contribution in [0, 0.1) is 5.92 Å². The molecule has 1 aliphatic rings. The van der Waals surface area contributed by atoms with E-state index < -0.39 is 5.97 Å². The van der Waals surface area contributed by atoms with E-state index in [0.29, 0.717) is 5.03 Å². The second-order valence-electron chi connectivity index (χ2n) is 3.59. The standard InChI is InChI=1S/C10H15ClO2/c1-7-3-5-8(6-4-7)9(11)10(12)13-2/h7H,3-6H2,1-2H3. The summed E-state index contributed by atoms with van der Waals surface area (Å²) in [6, 6.07) is 0. The third-order valence-electron chi connectivity index (χ3n) is 2.55. The van der Waals surface area contributed by atoms with Gasteiger partial charge in [0.2, 0.25) is 0 Å². The Hall–Kier alpha value is -0.500. The van der Waals surface area contributed by atoms with Gasteiger partial charge in [0.15, 0.2) is 0 Å². The van der Waals surface area contributed by atoms with Gasteiger partial charge in [0.1, 0.15) is 5.03 Å². The van der Waals surface area contributed by atoms with Gasteiger partial charge < -0.3 is 4.74 Å². The first kappa shape index (κ1) is 10.6. The minimum Gasteiger partial charge on any atom is -0.465 e. The Bertz CT molecular complexity index is 223. The van der Waals surface area contributed by atoms with Crippen LogP contribution in [0.1, 0.15) is 32.6 Å². The maximum Gasteiger partial charge on any atom is 0.349 e. The van der Waals surface area contributed by atoms with Crippen LogP contribution in [0.5, 0.6) is 0 Å². The summed E-state index contributed by atoms with van der Waals surface area (Å²) in [5.74, 6) is 0.358. The van der Waals surface area contributed by atoms with E-state index in [0.717, 1.165) is 37.2 Å². The lowest BCUT2D eigenvalue weighted by atomic mass is 9.87. The molecule has 0 spiro atoms. The van der Waals surface area contributed by atoms with Crippen molar-refractivity contribution in [2.75, 3.05) is 7.11 Å². The highest BCUT2D eigenvalue weighted by Gasteiger charge is 2.18. The molecular formula is C10H15ClO2. The number of allylic oxidation sites excluding steroid dienone is 1. The Labute approximate surface area is 83.9 Å². The zero-order chi connectivity index (χ0) is 9.84. The maximum atomic E-state index is 11.1. The zero-order valence-corrected chi connectivity index (χ0v) is 8.86. The normalized spacial score (nSPS) is 22.7. The van der Waals surface area contributed by atoms with Gasteiger partial charge in [0.25, 0.3) is 0 Å². The fourth-order valence-electron chi connectivity index (χ4n) is 1.56. The van der Waals surface area contributed by atoms with Crippen molar-refractivity contribution in [3.05, 3.63) is 10.6 Å². The SMILES string of the molecule is COC(=O)C(Cl)=C1CCC(C)CC1. The predicted molar refractivity (Wildman–Crippen MR) is 52.5 cm³/mol. The van der Waals surface area contributed by atoms with Gasteiger partial charge in [-0.2, -0.15) is 0 Å². The molecule has 1 aliphatic carbocycles. The van der Waals surface area contributed by atoms with E-state index in [9.17, 15) is 4.79 Å². The van der Waals surface area contributed by atoms with E-state index in [2.05, 4.69) is 11.7 Å². The Kier molecular flexibility index (Phi) is 3.79. The topological polar surface area (TPSA) is 26.3 Å². The Morgan fingerprint density at radius 3 is 2.46 bits per heavy atom. The highest BCUT2D eigenvalue weighted by Crippen LogP contribution is 2.31. The van der Waals surface area contributed by atoms with Crippen molar-refractivity contribution in [2.24, 2.45) is 5.92 Å². The Morgan fingerprint density at radius 1 is 1.46 bits per heavy atom. The third-order valence-corrected chi connectivity index (χ3v) is 2.97. The molecule has 1 rings (SSSR count). The van der Waals surface area contributed by atoms with Crippen LogP contribution in [0.15, 0.2) is 10.6 Å². The molecule has 1 fully saturated rings. The molecule has 2 nitrogen and oxygen atoms in total. The van der Waals surface area contributed by atoms with Crippen molar-refractivity contribution in [3.8, 4) is 0 Å². The third kappa shape index (κ3) is 2.73. The van der Waals surface area contributed by atoms with Gasteiger partial charge in [-0.1, -0.05) is 18.5 Å². The summed E-state index contributed by atoms with van der Waals surface area (Å²) in [5, 5.41) is 0.300. The summed E-state index contributed by atoms with van der Waals surface area (Å²) in [5.41, 5.74) is 1.06. The number of carbonyl (C=O) groups excluding carboxylic acids is 1. The number of esters is 1. The van der Waals surface area contributed by atoms with E-state index in [-0.39, 0.29) is 0 Å². The van der Waals surface area contributed by atoms with Gasteiger partial charge in [0.05, 0.1) is 7.11 Å². The number of ether oxygens (including phenoxy) is 1. The minimum atomic E-state index is -0.397. The largest absolute Gasteiger partial charge is 0.465 e. The summed E-state index contributed by atoms with van der Waals surface area (Å²) in [7, 11) is 1.36. The van der Waals surface area contributed by atoms with E-state index in [1.165, 1.54) is 7.11 Å². The summed E-state index contributed by atoms with van der Waals surface area (Å²) in [4.78, 5) is 11.1. The molecule has 1 saturated carbocycles. The van der Waals surface area contributed by atoms with E-state index in [1.807, 2.05) is 0 Å². The highest BCUT2D eigenvalue weighted by atomic mass is 35.5. The average molecular weight is 203 g/mol. The monoisotopic (exact) mass is 202 g/mol. The number of rotatable bonds is 1. The van der Waals surface area contributed by atoms with Crippen LogP contribution in [-0.2, 0) is 9.53 Å². The first-order chi connectivity index (χ1) is 6.15. The van der Waals surface area contributed by atoms with Gasteiger partial charge in [-0.25, -0.2) is 4.79 Å². The molecule has 13 heavy (non-hydrogen) atoms. The Balaban J connectivity index is 2.64.